The fourth-order valence-corrected chi connectivity index (χ4v) is 1.96. The van der Waals surface area contributed by atoms with E-state index in [1.165, 1.54) is 0 Å². The van der Waals surface area contributed by atoms with E-state index < -0.39 is 11.4 Å². The van der Waals surface area contributed by atoms with Gasteiger partial charge in [0.25, 0.3) is 5.91 Å². The van der Waals surface area contributed by atoms with Crippen molar-refractivity contribution in [2.75, 3.05) is 6.54 Å². The van der Waals surface area contributed by atoms with Gasteiger partial charge >= 0.3 is 5.97 Å². The lowest BCUT2D eigenvalue weighted by Gasteiger charge is -2.23. The van der Waals surface area contributed by atoms with E-state index >= 15 is 0 Å². The summed E-state index contributed by atoms with van der Waals surface area (Å²) in [6.45, 7) is 5.43. The van der Waals surface area contributed by atoms with Gasteiger partial charge in [-0.25, -0.2) is 0 Å². The van der Waals surface area contributed by atoms with Gasteiger partial charge in [-0.1, -0.05) is 18.6 Å². The molecule has 2 N–H and O–H groups in total. The average molecular weight is 328 g/mol. The van der Waals surface area contributed by atoms with E-state index in [1.807, 2.05) is 13.0 Å². The SMILES string of the molecule is CCC(C)(CNC(=O)c1cc(C)ccc1Br)C(=O)O. The molecule has 0 fully saturated rings. The van der Waals surface area contributed by atoms with Crippen LogP contribution in [-0.2, 0) is 4.79 Å². The zero-order valence-electron chi connectivity index (χ0n) is 11.3. The van der Waals surface area contributed by atoms with Gasteiger partial charge in [0.2, 0.25) is 0 Å². The van der Waals surface area contributed by atoms with E-state index in [0.29, 0.717) is 16.5 Å². The van der Waals surface area contributed by atoms with Crippen LogP contribution >= 0.6 is 15.9 Å². The fourth-order valence-electron chi connectivity index (χ4n) is 1.54. The van der Waals surface area contributed by atoms with Crippen LogP contribution in [0.25, 0.3) is 0 Å². The molecule has 4 nitrogen and oxygen atoms in total. The summed E-state index contributed by atoms with van der Waals surface area (Å²) in [5.74, 6) is -1.17. The van der Waals surface area contributed by atoms with Crippen LogP contribution in [0.2, 0.25) is 0 Å². The molecular weight excluding hydrogens is 310 g/mol. The lowest BCUT2D eigenvalue weighted by Crippen LogP contribution is -2.40. The van der Waals surface area contributed by atoms with Crippen molar-refractivity contribution in [1.82, 2.24) is 5.32 Å². The number of amides is 1. The Balaban J connectivity index is 2.81. The summed E-state index contributed by atoms with van der Waals surface area (Å²) in [5.41, 5.74) is 0.556. The minimum absolute atomic E-state index is 0.109. The number of carbonyl (C=O) groups excluding carboxylic acids is 1. The Morgan fingerprint density at radius 3 is 2.58 bits per heavy atom. The molecule has 0 saturated carbocycles. The molecule has 1 atom stereocenters. The second-order valence-electron chi connectivity index (χ2n) is 4.89. The Labute approximate surface area is 121 Å². The molecule has 1 rings (SSSR count). The first-order valence-electron chi connectivity index (χ1n) is 6.08. The summed E-state index contributed by atoms with van der Waals surface area (Å²) in [4.78, 5) is 23.2. The highest BCUT2D eigenvalue weighted by Gasteiger charge is 2.31. The topological polar surface area (TPSA) is 66.4 Å². The molecule has 0 spiro atoms. The maximum atomic E-state index is 12.1. The van der Waals surface area contributed by atoms with Gasteiger partial charge in [-0.15, -0.1) is 0 Å². The van der Waals surface area contributed by atoms with Crippen LogP contribution in [0, 0.1) is 12.3 Å². The van der Waals surface area contributed by atoms with Gasteiger partial charge in [0.15, 0.2) is 0 Å². The molecule has 0 saturated heterocycles. The number of aliphatic carboxylic acids is 1. The highest BCUT2D eigenvalue weighted by atomic mass is 79.9. The molecule has 1 unspecified atom stereocenters. The van der Waals surface area contributed by atoms with Gasteiger partial charge in [0.05, 0.1) is 11.0 Å². The minimum atomic E-state index is -0.939. The van der Waals surface area contributed by atoms with Gasteiger partial charge in [0, 0.05) is 11.0 Å². The first kappa shape index (κ1) is 15.7. The lowest BCUT2D eigenvalue weighted by molar-refractivity contribution is -0.147. The average Bonchev–Trinajstić information content (AvgIpc) is 2.38. The Morgan fingerprint density at radius 1 is 1.42 bits per heavy atom. The molecule has 0 radical (unpaired) electrons. The first-order chi connectivity index (χ1) is 8.80. The molecule has 19 heavy (non-hydrogen) atoms. The quantitative estimate of drug-likeness (QED) is 0.873. The molecule has 1 amide bonds. The number of halogens is 1. The molecule has 0 aliphatic carbocycles. The Hall–Kier alpha value is -1.36. The standard InChI is InChI=1S/C14H18BrNO3/c1-4-14(3,13(18)19)8-16-12(17)10-7-9(2)5-6-11(10)15/h5-7H,4,8H2,1-3H3,(H,16,17)(H,18,19). The van der Waals surface area contributed by atoms with Gasteiger partial charge in [-0.2, -0.15) is 0 Å². The number of carboxylic acids is 1. The molecule has 104 valence electrons. The van der Waals surface area contributed by atoms with Gasteiger partial charge in [-0.05, 0) is 48.3 Å². The van der Waals surface area contributed by atoms with E-state index in [2.05, 4.69) is 21.2 Å². The Bertz CT molecular complexity index is 501. The van der Waals surface area contributed by atoms with Crippen molar-refractivity contribution >= 4 is 27.8 Å². The molecular formula is C14H18BrNO3. The predicted molar refractivity (Wildman–Crippen MR) is 77.2 cm³/mol. The first-order valence-corrected chi connectivity index (χ1v) is 6.87. The monoisotopic (exact) mass is 327 g/mol. The number of benzene rings is 1. The number of hydrogen-bond donors (Lipinski definition) is 2. The van der Waals surface area contributed by atoms with Crippen LogP contribution in [0.3, 0.4) is 0 Å². The largest absolute Gasteiger partial charge is 0.481 e. The molecule has 0 bridgehead atoms. The second-order valence-corrected chi connectivity index (χ2v) is 5.74. The van der Waals surface area contributed by atoms with Crippen molar-refractivity contribution in [1.29, 1.82) is 0 Å². The highest BCUT2D eigenvalue weighted by Crippen LogP contribution is 2.21. The summed E-state index contributed by atoms with van der Waals surface area (Å²) < 4.78 is 0.698. The molecule has 0 heterocycles. The van der Waals surface area contributed by atoms with E-state index in [1.54, 1.807) is 26.0 Å². The molecule has 1 aromatic carbocycles. The Morgan fingerprint density at radius 2 is 2.05 bits per heavy atom. The van der Waals surface area contributed by atoms with Gasteiger partial charge in [0.1, 0.15) is 0 Å². The number of hydrogen-bond acceptors (Lipinski definition) is 2. The van der Waals surface area contributed by atoms with Gasteiger partial charge < -0.3 is 10.4 Å². The zero-order valence-corrected chi connectivity index (χ0v) is 12.9. The van der Waals surface area contributed by atoms with Crippen molar-refractivity contribution in [3.63, 3.8) is 0 Å². The van der Waals surface area contributed by atoms with Crippen LogP contribution < -0.4 is 5.32 Å². The van der Waals surface area contributed by atoms with Crippen molar-refractivity contribution in [3.05, 3.63) is 33.8 Å². The molecule has 0 aromatic heterocycles. The number of nitrogens with one attached hydrogen (secondary N) is 1. The number of carbonyl (C=O) groups is 2. The third-order valence-corrected chi connectivity index (χ3v) is 3.99. The third kappa shape index (κ3) is 3.80. The van der Waals surface area contributed by atoms with Crippen LogP contribution in [0.5, 0.6) is 0 Å². The van der Waals surface area contributed by atoms with Crippen molar-refractivity contribution in [2.45, 2.75) is 27.2 Å². The van der Waals surface area contributed by atoms with Gasteiger partial charge in [-0.3, -0.25) is 9.59 Å². The van der Waals surface area contributed by atoms with E-state index in [4.69, 9.17) is 5.11 Å². The normalized spacial score (nSPS) is 13.7. The second kappa shape index (κ2) is 6.19. The maximum absolute atomic E-state index is 12.1. The van der Waals surface area contributed by atoms with Crippen molar-refractivity contribution in [3.8, 4) is 0 Å². The van der Waals surface area contributed by atoms with Crippen molar-refractivity contribution in [2.24, 2.45) is 5.41 Å². The summed E-state index contributed by atoms with van der Waals surface area (Å²) in [5, 5.41) is 11.8. The number of aryl methyl sites for hydroxylation is 1. The number of carboxylic acid groups (broad SMARTS) is 1. The highest BCUT2D eigenvalue weighted by molar-refractivity contribution is 9.10. The van der Waals surface area contributed by atoms with E-state index in [0.717, 1.165) is 5.56 Å². The molecule has 5 heteroatoms. The minimum Gasteiger partial charge on any atom is -0.481 e. The number of rotatable bonds is 5. The summed E-state index contributed by atoms with van der Waals surface area (Å²) >= 11 is 3.32. The van der Waals surface area contributed by atoms with Crippen molar-refractivity contribution < 1.29 is 14.7 Å². The van der Waals surface area contributed by atoms with Crippen LogP contribution in [0.15, 0.2) is 22.7 Å². The summed E-state index contributed by atoms with van der Waals surface area (Å²) in [7, 11) is 0. The molecule has 0 aliphatic heterocycles. The van der Waals surface area contributed by atoms with E-state index in [-0.39, 0.29) is 12.5 Å². The maximum Gasteiger partial charge on any atom is 0.311 e. The predicted octanol–water partition coefficient (Wildman–Crippen LogP) is 2.99. The third-order valence-electron chi connectivity index (χ3n) is 3.30. The Kier molecular flexibility index (Phi) is 5.11. The smallest absolute Gasteiger partial charge is 0.311 e. The molecule has 0 aliphatic rings. The fraction of sp³-hybridized carbons (Fsp3) is 0.429. The van der Waals surface area contributed by atoms with E-state index in [9.17, 15) is 9.59 Å². The van der Waals surface area contributed by atoms with Crippen LogP contribution in [0.4, 0.5) is 0 Å². The summed E-state index contributed by atoms with van der Waals surface area (Å²) in [6.07, 6.45) is 0.456. The zero-order chi connectivity index (χ0) is 14.6. The lowest BCUT2D eigenvalue weighted by atomic mass is 9.87. The summed E-state index contributed by atoms with van der Waals surface area (Å²) in [6, 6.07) is 5.47. The van der Waals surface area contributed by atoms with Crippen LogP contribution in [-0.4, -0.2) is 23.5 Å². The molecule has 1 aromatic rings. The van der Waals surface area contributed by atoms with Crippen LogP contribution in [0.1, 0.15) is 36.2 Å².